The van der Waals surface area contributed by atoms with Gasteiger partial charge in [0.05, 0.1) is 23.3 Å². The highest BCUT2D eigenvalue weighted by molar-refractivity contribution is 9.10. The van der Waals surface area contributed by atoms with E-state index in [4.69, 9.17) is 4.74 Å². The summed E-state index contributed by atoms with van der Waals surface area (Å²) in [6.07, 6.45) is 0.881. The molecule has 2 heterocycles. The van der Waals surface area contributed by atoms with Gasteiger partial charge in [-0.2, -0.15) is 0 Å². The summed E-state index contributed by atoms with van der Waals surface area (Å²) in [5.74, 6) is -1.28. The van der Waals surface area contributed by atoms with Crippen LogP contribution in [0.5, 0.6) is 0 Å². The molecule has 3 nitrogen and oxygen atoms in total. The van der Waals surface area contributed by atoms with E-state index in [1.54, 1.807) is 0 Å². The maximum atomic E-state index is 14.0. The Morgan fingerprint density at radius 3 is 3.05 bits per heavy atom. The molecule has 2 aliphatic rings. The lowest BCUT2D eigenvalue weighted by Gasteiger charge is -2.37. The van der Waals surface area contributed by atoms with E-state index in [-0.39, 0.29) is 16.5 Å². The van der Waals surface area contributed by atoms with Crippen molar-refractivity contribution < 1.29 is 18.6 Å². The Labute approximate surface area is 131 Å². The number of aliphatic hydroxyl groups excluding tert-OH is 1. The Hall–Kier alpha value is -0.560. The third-order valence-electron chi connectivity index (χ3n) is 4.40. The normalized spacial score (nSPS) is 27.6. The number of ether oxygens (including phenoxy) is 1. The third kappa shape index (κ3) is 3.13. The average molecular weight is 362 g/mol. The van der Waals surface area contributed by atoms with Crippen molar-refractivity contribution in [1.82, 2.24) is 4.90 Å². The van der Waals surface area contributed by atoms with Crippen molar-refractivity contribution >= 4 is 15.9 Å². The summed E-state index contributed by atoms with van der Waals surface area (Å²) < 4.78 is 33.6. The number of benzene rings is 1. The van der Waals surface area contributed by atoms with Gasteiger partial charge < -0.3 is 9.84 Å². The topological polar surface area (TPSA) is 32.7 Å². The van der Waals surface area contributed by atoms with Gasteiger partial charge in [0.25, 0.3) is 0 Å². The molecule has 0 radical (unpaired) electrons. The highest BCUT2D eigenvalue weighted by Crippen LogP contribution is 2.27. The maximum absolute atomic E-state index is 14.0. The smallest absolute Gasteiger partial charge is 0.143 e. The van der Waals surface area contributed by atoms with Crippen LogP contribution in [-0.4, -0.2) is 48.0 Å². The summed E-state index contributed by atoms with van der Waals surface area (Å²) in [6, 6.07) is 2.97. The maximum Gasteiger partial charge on any atom is 0.143 e. The van der Waals surface area contributed by atoms with E-state index in [1.807, 2.05) is 0 Å². The molecule has 3 unspecified atom stereocenters. The standard InChI is InChI=1S/C15H18BrF2NO2/c16-11-3-4-12(17)10(15(11)18)6-13(20)14-7-19-5-1-2-9(19)8-21-14/h3-4,9,13-14,20H,1-2,5-8H2. The fourth-order valence-corrected chi connectivity index (χ4v) is 3.54. The van der Waals surface area contributed by atoms with Crippen LogP contribution in [0.2, 0.25) is 0 Å². The summed E-state index contributed by atoms with van der Waals surface area (Å²) in [4.78, 5) is 2.30. The van der Waals surface area contributed by atoms with Crippen molar-refractivity contribution in [3.8, 4) is 0 Å². The number of fused-ring (bicyclic) bond motifs is 1. The number of aliphatic hydroxyl groups is 1. The fraction of sp³-hybridized carbons (Fsp3) is 0.600. The summed E-state index contributed by atoms with van der Waals surface area (Å²) in [5.41, 5.74) is -0.0935. The number of rotatable bonds is 3. The number of morpholine rings is 1. The predicted molar refractivity (Wildman–Crippen MR) is 78.1 cm³/mol. The van der Waals surface area contributed by atoms with E-state index in [2.05, 4.69) is 20.8 Å². The molecule has 2 fully saturated rings. The first-order chi connectivity index (χ1) is 10.1. The van der Waals surface area contributed by atoms with Gasteiger partial charge in [-0.1, -0.05) is 0 Å². The molecule has 0 aromatic heterocycles. The van der Waals surface area contributed by atoms with Crippen LogP contribution in [0, 0.1) is 11.6 Å². The first kappa shape index (κ1) is 15.3. The molecule has 2 aliphatic heterocycles. The lowest BCUT2D eigenvalue weighted by atomic mass is 10.0. The second-order valence-corrected chi connectivity index (χ2v) is 6.61. The van der Waals surface area contributed by atoms with Crippen molar-refractivity contribution in [2.24, 2.45) is 0 Å². The third-order valence-corrected chi connectivity index (χ3v) is 5.01. The van der Waals surface area contributed by atoms with E-state index in [0.29, 0.717) is 19.2 Å². The Balaban J connectivity index is 1.69. The average Bonchev–Trinajstić information content (AvgIpc) is 2.94. The minimum Gasteiger partial charge on any atom is -0.390 e. The Morgan fingerprint density at radius 1 is 1.43 bits per heavy atom. The van der Waals surface area contributed by atoms with Crippen LogP contribution in [0.4, 0.5) is 8.78 Å². The molecule has 3 atom stereocenters. The number of nitrogens with zero attached hydrogens (tertiary/aromatic N) is 1. The molecule has 0 amide bonds. The van der Waals surface area contributed by atoms with Gasteiger partial charge in [-0.05, 0) is 47.4 Å². The molecule has 0 bridgehead atoms. The van der Waals surface area contributed by atoms with Gasteiger partial charge in [-0.15, -0.1) is 0 Å². The molecule has 1 N–H and O–H groups in total. The highest BCUT2D eigenvalue weighted by Gasteiger charge is 2.35. The van der Waals surface area contributed by atoms with Crippen molar-refractivity contribution in [2.75, 3.05) is 19.7 Å². The van der Waals surface area contributed by atoms with Crippen LogP contribution >= 0.6 is 15.9 Å². The van der Waals surface area contributed by atoms with Gasteiger partial charge in [-0.3, -0.25) is 4.90 Å². The highest BCUT2D eigenvalue weighted by atomic mass is 79.9. The quantitative estimate of drug-likeness (QED) is 0.839. The van der Waals surface area contributed by atoms with E-state index in [1.165, 1.54) is 12.1 Å². The molecule has 0 spiro atoms. The van der Waals surface area contributed by atoms with E-state index < -0.39 is 23.8 Å². The molecule has 3 rings (SSSR count). The Kier molecular flexibility index (Phi) is 4.59. The van der Waals surface area contributed by atoms with Gasteiger partial charge in [0.1, 0.15) is 11.6 Å². The summed E-state index contributed by atoms with van der Waals surface area (Å²) >= 11 is 3.04. The molecule has 0 saturated carbocycles. The SMILES string of the molecule is OC(Cc1c(F)ccc(Br)c1F)C1CN2CCCC2CO1. The van der Waals surface area contributed by atoms with E-state index in [0.717, 1.165) is 19.4 Å². The van der Waals surface area contributed by atoms with E-state index in [9.17, 15) is 13.9 Å². The molecule has 1 aromatic carbocycles. The molecule has 0 aliphatic carbocycles. The van der Waals surface area contributed by atoms with Crippen LogP contribution < -0.4 is 0 Å². The van der Waals surface area contributed by atoms with Crippen molar-refractivity contribution in [2.45, 2.75) is 37.5 Å². The zero-order valence-electron chi connectivity index (χ0n) is 11.6. The first-order valence-electron chi connectivity index (χ1n) is 7.22. The van der Waals surface area contributed by atoms with Crippen LogP contribution in [-0.2, 0) is 11.2 Å². The number of hydrogen-bond donors (Lipinski definition) is 1. The zero-order valence-corrected chi connectivity index (χ0v) is 13.2. The second kappa shape index (κ2) is 6.28. The summed E-state index contributed by atoms with van der Waals surface area (Å²) in [6.45, 7) is 2.23. The molecule has 6 heteroatoms. The van der Waals surface area contributed by atoms with Gasteiger partial charge in [0.2, 0.25) is 0 Å². The predicted octanol–water partition coefficient (Wildman–Crippen LogP) is 2.49. The Morgan fingerprint density at radius 2 is 2.24 bits per heavy atom. The molecular weight excluding hydrogens is 344 g/mol. The van der Waals surface area contributed by atoms with Gasteiger partial charge in [0, 0.05) is 24.6 Å². The fourth-order valence-electron chi connectivity index (χ4n) is 3.17. The second-order valence-electron chi connectivity index (χ2n) is 5.76. The Bertz CT molecular complexity index is 529. The molecule has 2 saturated heterocycles. The minimum absolute atomic E-state index is 0.0831. The van der Waals surface area contributed by atoms with Crippen molar-refractivity contribution in [3.05, 3.63) is 33.8 Å². The van der Waals surface area contributed by atoms with Crippen LogP contribution in [0.15, 0.2) is 16.6 Å². The molecular formula is C15H18BrF2NO2. The monoisotopic (exact) mass is 361 g/mol. The lowest BCUT2D eigenvalue weighted by molar-refractivity contribution is -0.102. The lowest BCUT2D eigenvalue weighted by Crippen LogP contribution is -2.50. The molecule has 1 aromatic rings. The van der Waals surface area contributed by atoms with Gasteiger partial charge >= 0.3 is 0 Å². The van der Waals surface area contributed by atoms with Gasteiger partial charge in [-0.25, -0.2) is 8.78 Å². The van der Waals surface area contributed by atoms with Crippen LogP contribution in [0.1, 0.15) is 18.4 Å². The largest absolute Gasteiger partial charge is 0.390 e. The summed E-state index contributed by atoms with van der Waals surface area (Å²) in [5, 5.41) is 10.3. The number of hydrogen-bond acceptors (Lipinski definition) is 3. The molecule has 116 valence electrons. The first-order valence-corrected chi connectivity index (χ1v) is 8.01. The van der Waals surface area contributed by atoms with Crippen LogP contribution in [0.25, 0.3) is 0 Å². The minimum atomic E-state index is -0.912. The van der Waals surface area contributed by atoms with Crippen molar-refractivity contribution in [3.63, 3.8) is 0 Å². The van der Waals surface area contributed by atoms with Gasteiger partial charge in [0.15, 0.2) is 0 Å². The van der Waals surface area contributed by atoms with Crippen LogP contribution in [0.3, 0.4) is 0 Å². The number of halogens is 3. The summed E-state index contributed by atoms with van der Waals surface area (Å²) in [7, 11) is 0. The van der Waals surface area contributed by atoms with E-state index >= 15 is 0 Å². The van der Waals surface area contributed by atoms with Crippen molar-refractivity contribution in [1.29, 1.82) is 0 Å². The molecule has 21 heavy (non-hydrogen) atoms. The zero-order chi connectivity index (χ0) is 15.0.